The van der Waals surface area contributed by atoms with E-state index in [1.165, 1.54) is 11.3 Å². The van der Waals surface area contributed by atoms with Crippen LogP contribution >= 0.6 is 0 Å². The first-order valence-corrected chi connectivity index (χ1v) is 6.39. The lowest BCUT2D eigenvalue weighted by Crippen LogP contribution is -2.43. The Bertz CT molecular complexity index is 367. The summed E-state index contributed by atoms with van der Waals surface area (Å²) in [7, 11) is 0. The number of aryl methyl sites for hydroxylation is 1. The Morgan fingerprint density at radius 1 is 1.41 bits per heavy atom. The van der Waals surface area contributed by atoms with Gasteiger partial charge in [0.1, 0.15) is 0 Å². The molecule has 2 rings (SSSR count). The van der Waals surface area contributed by atoms with E-state index in [1.807, 2.05) is 0 Å². The van der Waals surface area contributed by atoms with Gasteiger partial charge in [-0.1, -0.05) is 18.2 Å². The quantitative estimate of drug-likeness (QED) is 0.815. The minimum Gasteiger partial charge on any atom is -0.394 e. The van der Waals surface area contributed by atoms with E-state index in [0.717, 1.165) is 19.5 Å². The SMILES string of the molecule is Cc1ccccc1N1CCC(C)NCC1CO. The molecule has 1 aliphatic heterocycles. The fourth-order valence-corrected chi connectivity index (χ4v) is 2.43. The van der Waals surface area contributed by atoms with E-state index < -0.39 is 0 Å². The Balaban J connectivity index is 2.24. The summed E-state index contributed by atoms with van der Waals surface area (Å²) < 4.78 is 0. The molecule has 2 unspecified atom stereocenters. The zero-order valence-corrected chi connectivity index (χ0v) is 10.7. The second-order valence-electron chi connectivity index (χ2n) is 4.91. The van der Waals surface area contributed by atoms with Crippen molar-refractivity contribution in [2.45, 2.75) is 32.4 Å². The predicted molar refractivity (Wildman–Crippen MR) is 71.5 cm³/mol. The molecule has 1 saturated heterocycles. The number of nitrogens with one attached hydrogen (secondary N) is 1. The summed E-state index contributed by atoms with van der Waals surface area (Å²) in [6.07, 6.45) is 1.12. The molecular formula is C14H22N2O. The Morgan fingerprint density at radius 2 is 2.18 bits per heavy atom. The molecule has 0 spiro atoms. The van der Waals surface area contributed by atoms with E-state index in [9.17, 15) is 5.11 Å². The van der Waals surface area contributed by atoms with E-state index in [-0.39, 0.29) is 12.6 Å². The van der Waals surface area contributed by atoms with Crippen molar-refractivity contribution in [2.75, 3.05) is 24.6 Å². The van der Waals surface area contributed by atoms with Crippen molar-refractivity contribution in [1.29, 1.82) is 0 Å². The van der Waals surface area contributed by atoms with Crippen LogP contribution in [0.3, 0.4) is 0 Å². The van der Waals surface area contributed by atoms with Crippen LogP contribution in [0.1, 0.15) is 18.9 Å². The minimum absolute atomic E-state index is 0.182. The molecule has 0 saturated carbocycles. The van der Waals surface area contributed by atoms with Gasteiger partial charge in [-0.15, -0.1) is 0 Å². The van der Waals surface area contributed by atoms with E-state index >= 15 is 0 Å². The van der Waals surface area contributed by atoms with E-state index in [0.29, 0.717) is 6.04 Å². The second kappa shape index (κ2) is 5.52. The van der Waals surface area contributed by atoms with Crippen LogP contribution in [0, 0.1) is 6.92 Å². The number of hydrogen-bond acceptors (Lipinski definition) is 3. The monoisotopic (exact) mass is 234 g/mol. The molecule has 0 radical (unpaired) electrons. The molecule has 2 N–H and O–H groups in total. The standard InChI is InChI=1S/C14H22N2O/c1-11-5-3-4-6-14(11)16-8-7-12(2)15-9-13(16)10-17/h3-6,12-13,15,17H,7-10H2,1-2H3. The van der Waals surface area contributed by atoms with Gasteiger partial charge in [-0.3, -0.25) is 0 Å². The number of aliphatic hydroxyl groups excluding tert-OH is 1. The topological polar surface area (TPSA) is 35.5 Å². The van der Waals surface area contributed by atoms with E-state index in [1.54, 1.807) is 0 Å². The lowest BCUT2D eigenvalue weighted by molar-refractivity contribution is 0.259. The largest absolute Gasteiger partial charge is 0.394 e. The van der Waals surface area contributed by atoms with Crippen LogP contribution in [-0.4, -0.2) is 36.9 Å². The molecule has 1 aliphatic rings. The number of benzene rings is 1. The van der Waals surface area contributed by atoms with Crippen molar-refractivity contribution in [2.24, 2.45) is 0 Å². The fraction of sp³-hybridized carbons (Fsp3) is 0.571. The average molecular weight is 234 g/mol. The van der Waals surface area contributed by atoms with Gasteiger partial charge in [0.05, 0.1) is 12.6 Å². The third-order valence-electron chi connectivity index (χ3n) is 3.58. The molecule has 1 aromatic carbocycles. The van der Waals surface area contributed by atoms with Gasteiger partial charge in [0.2, 0.25) is 0 Å². The van der Waals surface area contributed by atoms with Crippen LogP contribution in [0.5, 0.6) is 0 Å². The highest BCUT2D eigenvalue weighted by molar-refractivity contribution is 5.54. The van der Waals surface area contributed by atoms with Gasteiger partial charge in [0.15, 0.2) is 0 Å². The second-order valence-corrected chi connectivity index (χ2v) is 4.91. The summed E-state index contributed by atoms with van der Waals surface area (Å²) in [4.78, 5) is 2.34. The molecule has 1 heterocycles. The van der Waals surface area contributed by atoms with Crippen molar-refractivity contribution in [3.63, 3.8) is 0 Å². The lowest BCUT2D eigenvalue weighted by atomic mass is 10.1. The Morgan fingerprint density at radius 3 is 2.88 bits per heavy atom. The molecule has 1 aromatic rings. The molecule has 3 heteroatoms. The van der Waals surface area contributed by atoms with Crippen LogP contribution in [0.15, 0.2) is 24.3 Å². The minimum atomic E-state index is 0.182. The maximum atomic E-state index is 9.54. The van der Waals surface area contributed by atoms with Gasteiger partial charge in [0, 0.05) is 24.8 Å². The fourth-order valence-electron chi connectivity index (χ4n) is 2.43. The highest BCUT2D eigenvalue weighted by atomic mass is 16.3. The van der Waals surface area contributed by atoms with Gasteiger partial charge in [-0.25, -0.2) is 0 Å². The molecule has 0 aromatic heterocycles. The molecule has 0 amide bonds. The van der Waals surface area contributed by atoms with Crippen LogP contribution < -0.4 is 10.2 Å². The third kappa shape index (κ3) is 2.79. The predicted octanol–water partition coefficient (Wildman–Crippen LogP) is 1.54. The normalized spacial score (nSPS) is 25.7. The summed E-state index contributed by atoms with van der Waals surface area (Å²) in [5, 5.41) is 13.0. The Labute approximate surface area is 103 Å². The van der Waals surface area contributed by atoms with Crippen LogP contribution in [0.2, 0.25) is 0 Å². The van der Waals surface area contributed by atoms with Crippen LogP contribution in [0.25, 0.3) is 0 Å². The summed E-state index contributed by atoms with van der Waals surface area (Å²) in [5.74, 6) is 0. The number of nitrogens with zero attached hydrogens (tertiary/aromatic N) is 1. The summed E-state index contributed by atoms with van der Waals surface area (Å²) in [5.41, 5.74) is 2.53. The van der Waals surface area contributed by atoms with Crippen molar-refractivity contribution >= 4 is 5.69 Å². The highest BCUT2D eigenvalue weighted by Crippen LogP contribution is 2.23. The van der Waals surface area contributed by atoms with Crippen molar-refractivity contribution in [1.82, 2.24) is 5.32 Å². The zero-order chi connectivity index (χ0) is 12.3. The molecule has 0 aliphatic carbocycles. The van der Waals surface area contributed by atoms with Gasteiger partial charge in [0.25, 0.3) is 0 Å². The molecule has 94 valence electrons. The Hall–Kier alpha value is -1.06. The van der Waals surface area contributed by atoms with E-state index in [2.05, 4.69) is 48.3 Å². The zero-order valence-electron chi connectivity index (χ0n) is 10.7. The van der Waals surface area contributed by atoms with E-state index in [4.69, 9.17) is 0 Å². The summed E-state index contributed by atoms with van der Waals surface area (Å²) in [6, 6.07) is 9.11. The summed E-state index contributed by atoms with van der Waals surface area (Å²) in [6.45, 7) is 6.39. The number of aliphatic hydroxyl groups is 1. The Kier molecular flexibility index (Phi) is 4.02. The summed E-state index contributed by atoms with van der Waals surface area (Å²) >= 11 is 0. The third-order valence-corrected chi connectivity index (χ3v) is 3.58. The first-order chi connectivity index (χ1) is 8.22. The average Bonchev–Trinajstić information content (AvgIpc) is 2.52. The molecule has 17 heavy (non-hydrogen) atoms. The number of para-hydroxylation sites is 1. The van der Waals surface area contributed by atoms with Crippen molar-refractivity contribution in [3.05, 3.63) is 29.8 Å². The van der Waals surface area contributed by atoms with Gasteiger partial charge < -0.3 is 15.3 Å². The molecule has 1 fully saturated rings. The molecule has 2 atom stereocenters. The maximum absolute atomic E-state index is 9.54. The maximum Gasteiger partial charge on any atom is 0.0647 e. The van der Waals surface area contributed by atoms with Crippen molar-refractivity contribution < 1.29 is 5.11 Å². The highest BCUT2D eigenvalue weighted by Gasteiger charge is 2.23. The number of rotatable bonds is 2. The van der Waals surface area contributed by atoms with Crippen LogP contribution in [0.4, 0.5) is 5.69 Å². The first-order valence-electron chi connectivity index (χ1n) is 6.39. The van der Waals surface area contributed by atoms with Gasteiger partial charge >= 0.3 is 0 Å². The van der Waals surface area contributed by atoms with Crippen molar-refractivity contribution in [3.8, 4) is 0 Å². The van der Waals surface area contributed by atoms with Gasteiger partial charge in [-0.2, -0.15) is 0 Å². The number of hydrogen-bond donors (Lipinski definition) is 2. The smallest absolute Gasteiger partial charge is 0.0647 e. The number of anilines is 1. The molecule has 3 nitrogen and oxygen atoms in total. The molecular weight excluding hydrogens is 212 g/mol. The first kappa shape index (κ1) is 12.4. The molecule has 0 bridgehead atoms. The lowest BCUT2D eigenvalue weighted by Gasteiger charge is -2.31. The van der Waals surface area contributed by atoms with Gasteiger partial charge in [-0.05, 0) is 31.9 Å². The van der Waals surface area contributed by atoms with Crippen LogP contribution in [-0.2, 0) is 0 Å².